The van der Waals surface area contributed by atoms with Gasteiger partial charge < -0.3 is 0 Å². The van der Waals surface area contributed by atoms with Crippen LogP contribution in [0.1, 0.15) is 10.4 Å². The van der Waals surface area contributed by atoms with Gasteiger partial charge >= 0.3 is 0 Å². The zero-order chi connectivity index (χ0) is 15.0. The van der Waals surface area contributed by atoms with Gasteiger partial charge in [-0.3, -0.25) is 9.78 Å². The van der Waals surface area contributed by atoms with Crippen LogP contribution < -0.4 is 0 Å². The first kappa shape index (κ1) is 14.4. The SMILES string of the molecule is O=Cc1cc(Cl)cnc1-c1c(F)c(F)c(F)c(F)c1F. The summed E-state index contributed by atoms with van der Waals surface area (Å²) in [6, 6.07) is 0.995. The summed E-state index contributed by atoms with van der Waals surface area (Å²) in [5.74, 6) is -10.7. The molecule has 0 aliphatic rings. The minimum Gasteiger partial charge on any atom is -0.298 e. The lowest BCUT2D eigenvalue weighted by Gasteiger charge is -2.09. The monoisotopic (exact) mass is 307 g/mol. The van der Waals surface area contributed by atoms with Crippen LogP contribution in [0.4, 0.5) is 22.0 Å². The molecule has 0 fully saturated rings. The van der Waals surface area contributed by atoms with Crippen molar-refractivity contribution < 1.29 is 26.7 Å². The maximum Gasteiger partial charge on any atom is 0.200 e. The van der Waals surface area contributed by atoms with Crippen LogP contribution in [0, 0.1) is 29.1 Å². The zero-order valence-electron chi connectivity index (χ0n) is 9.36. The molecule has 104 valence electrons. The normalized spacial score (nSPS) is 10.7. The third-order valence-electron chi connectivity index (χ3n) is 2.46. The minimum absolute atomic E-state index is 0.0280. The van der Waals surface area contributed by atoms with Crippen molar-refractivity contribution in [3.63, 3.8) is 0 Å². The molecule has 1 aromatic heterocycles. The van der Waals surface area contributed by atoms with Crippen LogP contribution in [-0.2, 0) is 0 Å². The maximum absolute atomic E-state index is 13.6. The molecule has 2 aromatic rings. The highest BCUT2D eigenvalue weighted by molar-refractivity contribution is 6.30. The van der Waals surface area contributed by atoms with E-state index in [0.717, 1.165) is 12.3 Å². The minimum atomic E-state index is -2.29. The quantitative estimate of drug-likeness (QED) is 0.364. The second-order valence-electron chi connectivity index (χ2n) is 3.65. The van der Waals surface area contributed by atoms with Gasteiger partial charge in [0.2, 0.25) is 5.82 Å². The van der Waals surface area contributed by atoms with Gasteiger partial charge in [0.15, 0.2) is 29.6 Å². The van der Waals surface area contributed by atoms with Crippen molar-refractivity contribution >= 4 is 17.9 Å². The fraction of sp³-hybridized carbons (Fsp3) is 0. The molecule has 0 aliphatic heterocycles. The number of aromatic nitrogens is 1. The number of pyridine rings is 1. The molecule has 0 aliphatic carbocycles. The van der Waals surface area contributed by atoms with Crippen molar-refractivity contribution in [2.75, 3.05) is 0 Å². The average molecular weight is 308 g/mol. The van der Waals surface area contributed by atoms with Crippen molar-refractivity contribution in [2.45, 2.75) is 0 Å². The smallest absolute Gasteiger partial charge is 0.200 e. The fourth-order valence-electron chi connectivity index (χ4n) is 1.57. The third kappa shape index (κ3) is 2.14. The van der Waals surface area contributed by atoms with E-state index in [-0.39, 0.29) is 11.3 Å². The van der Waals surface area contributed by atoms with Crippen molar-refractivity contribution in [1.82, 2.24) is 4.98 Å². The molecule has 0 N–H and O–H groups in total. The number of aldehydes is 1. The Morgan fingerprint density at radius 3 is 1.95 bits per heavy atom. The van der Waals surface area contributed by atoms with E-state index in [9.17, 15) is 26.7 Å². The van der Waals surface area contributed by atoms with E-state index in [0.29, 0.717) is 0 Å². The molecule has 0 bridgehead atoms. The highest BCUT2D eigenvalue weighted by Gasteiger charge is 2.28. The van der Waals surface area contributed by atoms with Gasteiger partial charge in [-0.05, 0) is 6.07 Å². The van der Waals surface area contributed by atoms with Crippen LogP contribution in [0.5, 0.6) is 0 Å². The molecule has 0 amide bonds. The molecular formula is C12H3ClF5NO. The molecule has 20 heavy (non-hydrogen) atoms. The van der Waals surface area contributed by atoms with Gasteiger partial charge in [-0.2, -0.15) is 0 Å². The lowest BCUT2D eigenvalue weighted by molar-refractivity contribution is 0.112. The highest BCUT2D eigenvalue weighted by atomic mass is 35.5. The maximum atomic E-state index is 13.6. The molecule has 0 saturated heterocycles. The summed E-state index contributed by atoms with van der Waals surface area (Å²) in [4.78, 5) is 14.3. The summed E-state index contributed by atoms with van der Waals surface area (Å²) in [5, 5.41) is -0.0280. The molecule has 1 heterocycles. The Morgan fingerprint density at radius 1 is 0.950 bits per heavy atom. The average Bonchev–Trinajstić information content (AvgIpc) is 2.44. The van der Waals surface area contributed by atoms with E-state index < -0.39 is 45.9 Å². The van der Waals surface area contributed by atoms with Gasteiger partial charge in [0.25, 0.3) is 0 Å². The fourth-order valence-corrected chi connectivity index (χ4v) is 1.73. The third-order valence-corrected chi connectivity index (χ3v) is 2.66. The Kier molecular flexibility index (Phi) is 3.71. The van der Waals surface area contributed by atoms with E-state index in [1.165, 1.54) is 0 Å². The Hall–Kier alpha value is -2.02. The summed E-state index contributed by atoms with van der Waals surface area (Å²) in [6.07, 6.45) is 1.06. The Bertz CT molecular complexity index is 690. The number of hydrogen-bond donors (Lipinski definition) is 0. The molecule has 0 spiro atoms. The molecule has 0 saturated carbocycles. The van der Waals surface area contributed by atoms with Crippen LogP contribution in [-0.4, -0.2) is 11.3 Å². The predicted molar refractivity (Wildman–Crippen MR) is 59.9 cm³/mol. The molecule has 0 unspecified atom stereocenters. The molecule has 0 radical (unpaired) electrons. The Labute approximate surface area is 113 Å². The molecule has 0 atom stereocenters. The standard InChI is InChI=1S/C12H3ClF5NO/c13-5-1-4(3-20)12(19-2-5)6-7(14)9(16)11(18)10(17)8(6)15/h1-3H. The number of hydrogen-bond acceptors (Lipinski definition) is 2. The van der Waals surface area contributed by atoms with E-state index in [1.54, 1.807) is 0 Å². The Balaban J connectivity index is 2.87. The molecule has 1 aromatic carbocycles. The van der Waals surface area contributed by atoms with Gasteiger partial charge in [-0.1, -0.05) is 11.6 Å². The summed E-state index contributed by atoms with van der Waals surface area (Å²) < 4.78 is 66.3. The lowest BCUT2D eigenvalue weighted by Crippen LogP contribution is -2.06. The molecule has 2 nitrogen and oxygen atoms in total. The first-order valence-electron chi connectivity index (χ1n) is 5.01. The van der Waals surface area contributed by atoms with Crippen LogP contribution in [0.3, 0.4) is 0 Å². The molecule has 2 rings (SSSR count). The number of carbonyl (C=O) groups excluding carboxylic acids is 1. The summed E-state index contributed by atoms with van der Waals surface area (Å²) >= 11 is 5.53. The summed E-state index contributed by atoms with van der Waals surface area (Å²) in [7, 11) is 0. The van der Waals surface area contributed by atoms with E-state index in [2.05, 4.69) is 4.98 Å². The number of nitrogens with zero attached hydrogens (tertiary/aromatic N) is 1. The van der Waals surface area contributed by atoms with E-state index in [4.69, 9.17) is 11.6 Å². The number of carbonyl (C=O) groups is 1. The van der Waals surface area contributed by atoms with Crippen LogP contribution in [0.2, 0.25) is 5.02 Å². The summed E-state index contributed by atoms with van der Waals surface area (Å²) in [5.41, 5.74) is -2.36. The first-order chi connectivity index (χ1) is 9.38. The largest absolute Gasteiger partial charge is 0.298 e. The van der Waals surface area contributed by atoms with Gasteiger partial charge in [0, 0.05) is 11.8 Å². The van der Waals surface area contributed by atoms with Crippen LogP contribution >= 0.6 is 11.6 Å². The molecule has 8 heteroatoms. The predicted octanol–water partition coefficient (Wildman–Crippen LogP) is 3.91. The number of benzene rings is 1. The second-order valence-corrected chi connectivity index (χ2v) is 4.09. The van der Waals surface area contributed by atoms with E-state index in [1.807, 2.05) is 0 Å². The topological polar surface area (TPSA) is 30.0 Å². The highest BCUT2D eigenvalue weighted by Crippen LogP contribution is 2.32. The van der Waals surface area contributed by atoms with Crippen LogP contribution in [0.25, 0.3) is 11.3 Å². The second kappa shape index (κ2) is 5.16. The molecular weight excluding hydrogens is 305 g/mol. The van der Waals surface area contributed by atoms with Gasteiger partial charge in [0.05, 0.1) is 16.3 Å². The van der Waals surface area contributed by atoms with Crippen molar-refractivity contribution in [1.29, 1.82) is 0 Å². The first-order valence-corrected chi connectivity index (χ1v) is 5.38. The number of rotatable bonds is 2. The van der Waals surface area contributed by atoms with Crippen molar-refractivity contribution in [2.24, 2.45) is 0 Å². The van der Waals surface area contributed by atoms with Gasteiger partial charge in [0.1, 0.15) is 0 Å². The van der Waals surface area contributed by atoms with Gasteiger partial charge in [-0.25, -0.2) is 22.0 Å². The van der Waals surface area contributed by atoms with Gasteiger partial charge in [-0.15, -0.1) is 0 Å². The summed E-state index contributed by atoms with van der Waals surface area (Å²) in [6.45, 7) is 0. The van der Waals surface area contributed by atoms with Crippen molar-refractivity contribution in [3.8, 4) is 11.3 Å². The zero-order valence-corrected chi connectivity index (χ0v) is 10.1. The van der Waals surface area contributed by atoms with E-state index >= 15 is 0 Å². The number of halogens is 6. The van der Waals surface area contributed by atoms with Crippen molar-refractivity contribution in [3.05, 3.63) is 51.9 Å². The van der Waals surface area contributed by atoms with Crippen LogP contribution in [0.15, 0.2) is 12.3 Å². The lowest BCUT2D eigenvalue weighted by atomic mass is 10.0. The Morgan fingerprint density at radius 2 is 1.45 bits per heavy atom.